The first-order valence-electron chi connectivity index (χ1n) is 9.95. The average Bonchev–Trinajstić information content (AvgIpc) is 3.10. The fourth-order valence-corrected chi connectivity index (χ4v) is 3.50. The van der Waals surface area contributed by atoms with E-state index in [2.05, 4.69) is 26.3 Å². The van der Waals surface area contributed by atoms with E-state index >= 15 is 0 Å². The van der Waals surface area contributed by atoms with Crippen molar-refractivity contribution in [2.75, 3.05) is 0 Å². The van der Waals surface area contributed by atoms with Gasteiger partial charge in [0.25, 0.3) is 0 Å². The maximum absolute atomic E-state index is 12.1. The van der Waals surface area contributed by atoms with Crippen LogP contribution in [0.3, 0.4) is 0 Å². The van der Waals surface area contributed by atoms with Crippen molar-refractivity contribution in [3.8, 4) is 34.1 Å². The van der Waals surface area contributed by atoms with E-state index in [1.54, 1.807) is 12.1 Å². The van der Waals surface area contributed by atoms with E-state index in [1.165, 1.54) is 12.1 Å². The van der Waals surface area contributed by atoms with E-state index in [4.69, 9.17) is 18.9 Å². The molecule has 0 bridgehead atoms. The van der Waals surface area contributed by atoms with Gasteiger partial charge in [0.1, 0.15) is 23.0 Å². The van der Waals surface area contributed by atoms with Crippen LogP contribution in [0.25, 0.3) is 11.1 Å². The molecule has 2 aromatic carbocycles. The van der Waals surface area contributed by atoms with Gasteiger partial charge in [0, 0.05) is 53.5 Å². The Balaban J connectivity index is 2.28. The molecule has 0 heterocycles. The number of benzene rings is 2. The zero-order valence-corrected chi connectivity index (χ0v) is 18.3. The summed E-state index contributed by atoms with van der Waals surface area (Å²) < 4.78 is 21.3. The molecule has 0 radical (unpaired) electrons. The molecule has 0 spiro atoms. The Bertz CT molecular complexity index is 1170. The first-order chi connectivity index (χ1) is 16.2. The van der Waals surface area contributed by atoms with Gasteiger partial charge < -0.3 is 18.9 Å². The zero-order chi connectivity index (χ0) is 25.0. The zero-order valence-electron chi connectivity index (χ0n) is 18.3. The molecule has 8 heteroatoms. The van der Waals surface area contributed by atoms with Crippen LogP contribution in [0, 0.1) is 0 Å². The molecule has 0 saturated heterocycles. The Hall–Kier alpha value is -4.72. The van der Waals surface area contributed by atoms with Gasteiger partial charge in [-0.05, 0) is 23.3 Å². The molecule has 0 aromatic heterocycles. The summed E-state index contributed by atoms with van der Waals surface area (Å²) in [6.45, 7) is 15.4. The summed E-state index contributed by atoms with van der Waals surface area (Å²) in [5, 5.41) is 0. The lowest BCUT2D eigenvalue weighted by molar-refractivity contribution is -0.130. The molecule has 34 heavy (non-hydrogen) atoms. The van der Waals surface area contributed by atoms with Crippen LogP contribution < -0.4 is 18.9 Å². The third-order valence-electron chi connectivity index (χ3n) is 4.92. The smallest absolute Gasteiger partial charge is 0.335 e. The topological polar surface area (TPSA) is 105 Å². The molecule has 0 saturated carbocycles. The SMILES string of the molecule is C=CC(=O)Oc1cc(OC(=O)C=C)c2c(c1)C(C)c1cc(OC(=O)C=C)cc(OC(=O)C=C)c1-2. The second kappa shape index (κ2) is 9.83. The van der Waals surface area contributed by atoms with Crippen molar-refractivity contribution in [2.24, 2.45) is 0 Å². The van der Waals surface area contributed by atoms with Crippen LogP contribution in [0.2, 0.25) is 0 Å². The van der Waals surface area contributed by atoms with Crippen LogP contribution in [0.15, 0.2) is 74.9 Å². The molecule has 2 aromatic rings. The number of esters is 4. The minimum atomic E-state index is -0.753. The van der Waals surface area contributed by atoms with E-state index in [-0.39, 0.29) is 28.9 Å². The molecule has 0 unspecified atom stereocenters. The second-order valence-electron chi connectivity index (χ2n) is 6.99. The molecule has 1 aliphatic carbocycles. The molecule has 1 aliphatic rings. The van der Waals surface area contributed by atoms with Gasteiger partial charge in [-0.3, -0.25) is 0 Å². The van der Waals surface area contributed by atoms with Crippen LogP contribution in [-0.2, 0) is 19.2 Å². The molecular weight excluding hydrogens is 440 g/mol. The van der Waals surface area contributed by atoms with Gasteiger partial charge in [0.05, 0.1) is 0 Å². The maximum atomic E-state index is 12.1. The van der Waals surface area contributed by atoms with Gasteiger partial charge in [0.15, 0.2) is 0 Å². The third-order valence-corrected chi connectivity index (χ3v) is 4.92. The Morgan fingerprint density at radius 2 is 0.941 bits per heavy atom. The molecule has 8 nitrogen and oxygen atoms in total. The Morgan fingerprint density at radius 1 is 0.618 bits per heavy atom. The summed E-state index contributed by atoms with van der Waals surface area (Å²) in [6, 6.07) is 5.91. The molecule has 0 amide bonds. The van der Waals surface area contributed by atoms with Gasteiger partial charge in [-0.15, -0.1) is 0 Å². The summed E-state index contributed by atoms with van der Waals surface area (Å²) in [4.78, 5) is 47.6. The first kappa shape index (κ1) is 23.9. The van der Waals surface area contributed by atoms with Crippen LogP contribution >= 0.6 is 0 Å². The van der Waals surface area contributed by atoms with Crippen LogP contribution in [0.1, 0.15) is 24.0 Å². The molecule has 172 valence electrons. The highest BCUT2D eigenvalue weighted by atomic mass is 16.6. The van der Waals surface area contributed by atoms with Gasteiger partial charge >= 0.3 is 23.9 Å². The predicted molar refractivity (Wildman–Crippen MR) is 123 cm³/mol. The summed E-state index contributed by atoms with van der Waals surface area (Å²) >= 11 is 0. The summed E-state index contributed by atoms with van der Waals surface area (Å²) in [7, 11) is 0. The monoisotopic (exact) mass is 460 g/mol. The summed E-state index contributed by atoms with van der Waals surface area (Å²) in [6.07, 6.45) is 3.94. The molecular formula is C26H20O8. The molecule has 0 atom stereocenters. The third kappa shape index (κ3) is 4.71. The van der Waals surface area contributed by atoms with E-state index in [0.717, 1.165) is 24.3 Å². The van der Waals surface area contributed by atoms with Gasteiger partial charge in [0.2, 0.25) is 0 Å². The van der Waals surface area contributed by atoms with Crippen molar-refractivity contribution < 1.29 is 38.1 Å². The number of carbonyl (C=O) groups excluding carboxylic acids is 4. The molecule has 0 N–H and O–H groups in total. The summed E-state index contributed by atoms with van der Waals surface area (Å²) in [5.74, 6) is -2.97. The highest BCUT2D eigenvalue weighted by Crippen LogP contribution is 2.55. The lowest BCUT2D eigenvalue weighted by Crippen LogP contribution is -2.08. The Morgan fingerprint density at radius 3 is 1.26 bits per heavy atom. The minimum absolute atomic E-state index is 0.0478. The summed E-state index contributed by atoms with van der Waals surface area (Å²) in [5.41, 5.74) is 2.09. The quantitative estimate of drug-likeness (QED) is 0.328. The highest BCUT2D eigenvalue weighted by Gasteiger charge is 2.34. The van der Waals surface area contributed by atoms with Gasteiger partial charge in [-0.1, -0.05) is 33.2 Å². The largest absolute Gasteiger partial charge is 0.423 e. The van der Waals surface area contributed by atoms with Gasteiger partial charge in [-0.25, -0.2) is 19.2 Å². The fraction of sp³-hybridized carbons (Fsp3) is 0.0769. The Labute approximate surface area is 195 Å². The van der Waals surface area contributed by atoms with Gasteiger partial charge in [-0.2, -0.15) is 0 Å². The van der Waals surface area contributed by atoms with Crippen LogP contribution in [-0.4, -0.2) is 23.9 Å². The van der Waals surface area contributed by atoms with Crippen LogP contribution in [0.5, 0.6) is 23.0 Å². The first-order valence-corrected chi connectivity index (χ1v) is 9.95. The predicted octanol–water partition coefficient (Wildman–Crippen LogP) is 4.18. The van der Waals surface area contributed by atoms with Crippen molar-refractivity contribution in [3.05, 3.63) is 86.0 Å². The highest BCUT2D eigenvalue weighted by molar-refractivity contribution is 5.95. The van der Waals surface area contributed by atoms with Crippen LogP contribution in [0.4, 0.5) is 0 Å². The lowest BCUT2D eigenvalue weighted by atomic mass is 9.99. The van der Waals surface area contributed by atoms with E-state index < -0.39 is 23.9 Å². The number of hydrogen-bond donors (Lipinski definition) is 0. The van der Waals surface area contributed by atoms with Crippen molar-refractivity contribution >= 4 is 23.9 Å². The maximum Gasteiger partial charge on any atom is 0.335 e. The van der Waals surface area contributed by atoms with Crippen molar-refractivity contribution in [2.45, 2.75) is 12.8 Å². The Kier molecular flexibility index (Phi) is 6.92. The lowest BCUT2D eigenvalue weighted by Gasteiger charge is -2.15. The number of hydrogen-bond acceptors (Lipinski definition) is 8. The fourth-order valence-electron chi connectivity index (χ4n) is 3.50. The molecule has 0 aliphatic heterocycles. The number of rotatable bonds is 8. The van der Waals surface area contributed by atoms with E-state index in [1.807, 2.05) is 6.92 Å². The number of carbonyl (C=O) groups is 4. The standard InChI is InChI=1S/C26H20O8/c1-6-21(27)31-15-10-17-14(5)18-11-16(32-22(28)7-2)13-20(34-24(30)9-4)26(18)25(17)19(12-15)33-23(29)8-3/h6-14H,1-4H2,5H3. The number of fused-ring (bicyclic) bond motifs is 3. The average molecular weight is 460 g/mol. The van der Waals surface area contributed by atoms with E-state index in [9.17, 15) is 19.2 Å². The number of ether oxygens (including phenoxy) is 4. The van der Waals surface area contributed by atoms with Crippen molar-refractivity contribution in [3.63, 3.8) is 0 Å². The van der Waals surface area contributed by atoms with E-state index in [0.29, 0.717) is 22.3 Å². The normalized spacial score (nSPS) is 11.3. The van der Waals surface area contributed by atoms with Crippen molar-refractivity contribution in [1.29, 1.82) is 0 Å². The van der Waals surface area contributed by atoms with Crippen molar-refractivity contribution in [1.82, 2.24) is 0 Å². The molecule has 3 rings (SSSR count). The minimum Gasteiger partial charge on any atom is -0.423 e. The molecule has 0 fully saturated rings. The second-order valence-corrected chi connectivity index (χ2v) is 6.99.